The molecule has 0 radical (unpaired) electrons. The van der Waals surface area contributed by atoms with Crippen molar-refractivity contribution in [3.8, 4) is 5.75 Å². The van der Waals surface area contributed by atoms with Crippen molar-refractivity contribution >= 4 is 79.1 Å². The summed E-state index contributed by atoms with van der Waals surface area (Å²) < 4.78 is 6.99. The van der Waals surface area contributed by atoms with Crippen molar-refractivity contribution in [3.05, 3.63) is 61.0 Å². The van der Waals surface area contributed by atoms with Crippen LogP contribution in [0.15, 0.2) is 51.8 Å². The Bertz CT molecular complexity index is 978. The maximum atomic E-state index is 12.6. The van der Waals surface area contributed by atoms with Gasteiger partial charge in [0.05, 0.1) is 15.6 Å². The molecule has 0 spiro atoms. The minimum Gasteiger partial charge on any atom is -0.496 e. The molecule has 0 unspecified atom stereocenters. The fourth-order valence-electron chi connectivity index (χ4n) is 2.44. The highest BCUT2D eigenvalue weighted by Gasteiger charge is 2.36. The monoisotopic (exact) mass is 572 g/mol. The minimum absolute atomic E-state index is 0.280. The molecule has 1 fully saturated rings. The molecule has 0 aromatic heterocycles. The summed E-state index contributed by atoms with van der Waals surface area (Å²) in [6.45, 7) is -0.335. The quantitative estimate of drug-likeness (QED) is 0.414. The summed E-state index contributed by atoms with van der Waals surface area (Å²) in [5.74, 6) is -0.188. The molecular formula is C19H14BrIN2O4S. The summed E-state index contributed by atoms with van der Waals surface area (Å²) in [6.07, 6.45) is 1.64. The van der Waals surface area contributed by atoms with Gasteiger partial charge >= 0.3 is 0 Å². The summed E-state index contributed by atoms with van der Waals surface area (Å²) in [7, 11) is 1.59. The van der Waals surface area contributed by atoms with Crippen LogP contribution in [-0.2, 0) is 9.59 Å². The number of imide groups is 1. The number of methoxy groups -OCH3 is 1. The average Bonchev–Trinajstić information content (AvgIpc) is 2.91. The van der Waals surface area contributed by atoms with E-state index in [0.29, 0.717) is 5.69 Å². The Hall–Kier alpha value is -1.85. The number of amides is 3. The zero-order chi connectivity index (χ0) is 20.3. The number of carbonyl (C=O) groups excluding carboxylic acids is 3. The van der Waals surface area contributed by atoms with Crippen LogP contribution in [0.1, 0.15) is 5.56 Å². The zero-order valence-corrected chi connectivity index (χ0v) is 19.1. The average molecular weight is 573 g/mol. The van der Waals surface area contributed by atoms with Gasteiger partial charge in [0.2, 0.25) is 5.91 Å². The molecular weight excluding hydrogens is 559 g/mol. The molecule has 3 rings (SSSR count). The van der Waals surface area contributed by atoms with E-state index in [0.717, 1.165) is 36.0 Å². The van der Waals surface area contributed by atoms with Gasteiger partial charge in [0, 0.05) is 10.2 Å². The molecule has 1 aliphatic heterocycles. The van der Waals surface area contributed by atoms with Gasteiger partial charge in [0.25, 0.3) is 11.1 Å². The molecule has 2 aromatic carbocycles. The predicted octanol–water partition coefficient (Wildman–Crippen LogP) is 4.74. The van der Waals surface area contributed by atoms with Crippen molar-refractivity contribution in [2.45, 2.75) is 0 Å². The van der Waals surface area contributed by atoms with E-state index < -0.39 is 17.1 Å². The van der Waals surface area contributed by atoms with E-state index in [-0.39, 0.29) is 11.4 Å². The smallest absolute Gasteiger partial charge is 0.294 e. The number of hydrogen-bond donors (Lipinski definition) is 1. The zero-order valence-electron chi connectivity index (χ0n) is 14.6. The number of benzene rings is 2. The highest BCUT2D eigenvalue weighted by Crippen LogP contribution is 2.33. The Labute approximate surface area is 188 Å². The van der Waals surface area contributed by atoms with E-state index in [1.54, 1.807) is 49.6 Å². The lowest BCUT2D eigenvalue weighted by molar-refractivity contribution is -0.127. The predicted molar refractivity (Wildman–Crippen MR) is 121 cm³/mol. The second-order valence-electron chi connectivity index (χ2n) is 5.72. The molecule has 0 aliphatic carbocycles. The van der Waals surface area contributed by atoms with Gasteiger partial charge in [-0.25, -0.2) is 0 Å². The molecule has 6 nitrogen and oxygen atoms in total. The number of halogens is 2. The maximum absolute atomic E-state index is 12.6. The number of hydrogen-bond acceptors (Lipinski definition) is 5. The third kappa shape index (κ3) is 4.95. The van der Waals surface area contributed by atoms with E-state index in [9.17, 15) is 14.4 Å². The molecule has 0 saturated carbocycles. The summed E-state index contributed by atoms with van der Waals surface area (Å²) in [4.78, 5) is 38.2. The fraction of sp³-hybridized carbons (Fsp3) is 0.105. The molecule has 0 atom stereocenters. The molecule has 144 valence electrons. The Balaban J connectivity index is 1.69. The van der Waals surface area contributed by atoms with Gasteiger partial charge in [-0.3, -0.25) is 19.3 Å². The molecule has 1 aliphatic rings. The highest BCUT2D eigenvalue weighted by atomic mass is 127. The summed E-state index contributed by atoms with van der Waals surface area (Å²) in [5.41, 5.74) is 1.36. The maximum Gasteiger partial charge on any atom is 0.294 e. The first-order chi connectivity index (χ1) is 13.4. The first kappa shape index (κ1) is 20.9. The molecule has 28 heavy (non-hydrogen) atoms. The lowest BCUT2D eigenvalue weighted by Gasteiger charge is -2.12. The Morgan fingerprint density at radius 3 is 2.61 bits per heavy atom. The van der Waals surface area contributed by atoms with Gasteiger partial charge < -0.3 is 10.1 Å². The SMILES string of the molecule is COc1ccc(/C=C2\SC(=O)N(CC(=O)Nc3ccc(Br)cc3)C2=O)cc1I. The van der Waals surface area contributed by atoms with Gasteiger partial charge in [-0.15, -0.1) is 0 Å². The van der Waals surface area contributed by atoms with Gasteiger partial charge in [0.15, 0.2) is 0 Å². The standard InChI is InChI=1S/C19H14BrIN2O4S/c1-27-15-7-2-11(8-14(15)21)9-16-18(25)23(19(26)28-16)10-17(24)22-13-5-3-12(20)4-6-13/h2-9H,10H2,1H3,(H,22,24)/b16-9-. The third-order valence-electron chi connectivity index (χ3n) is 3.78. The molecule has 1 N–H and O–H groups in total. The van der Waals surface area contributed by atoms with Gasteiger partial charge in [-0.2, -0.15) is 0 Å². The third-order valence-corrected chi connectivity index (χ3v) is 6.06. The largest absolute Gasteiger partial charge is 0.496 e. The van der Waals surface area contributed by atoms with Crippen LogP contribution < -0.4 is 10.1 Å². The summed E-state index contributed by atoms with van der Waals surface area (Å²) >= 11 is 6.27. The van der Waals surface area contributed by atoms with E-state index in [1.165, 1.54) is 0 Å². The number of thioether (sulfide) groups is 1. The normalized spacial score (nSPS) is 15.2. The fourth-order valence-corrected chi connectivity index (χ4v) is 4.30. The van der Waals surface area contributed by atoms with E-state index in [4.69, 9.17) is 4.74 Å². The lowest BCUT2D eigenvalue weighted by atomic mass is 10.2. The summed E-state index contributed by atoms with van der Waals surface area (Å²) in [5, 5.41) is 2.21. The molecule has 0 bridgehead atoms. The van der Waals surface area contributed by atoms with Crippen LogP contribution in [0, 0.1) is 3.57 Å². The highest BCUT2D eigenvalue weighted by molar-refractivity contribution is 14.1. The topological polar surface area (TPSA) is 75.7 Å². The first-order valence-electron chi connectivity index (χ1n) is 8.01. The number of nitrogens with zero attached hydrogens (tertiary/aromatic N) is 1. The van der Waals surface area contributed by atoms with Crippen LogP contribution in [0.4, 0.5) is 10.5 Å². The first-order valence-corrected chi connectivity index (χ1v) is 10.7. The molecule has 2 aromatic rings. The molecule has 3 amide bonds. The Morgan fingerprint density at radius 2 is 1.96 bits per heavy atom. The Morgan fingerprint density at radius 1 is 1.25 bits per heavy atom. The molecule has 1 saturated heterocycles. The van der Waals surface area contributed by atoms with Gasteiger partial charge in [-0.05, 0) is 82.4 Å². The van der Waals surface area contributed by atoms with Crippen LogP contribution in [0.3, 0.4) is 0 Å². The van der Waals surface area contributed by atoms with Gasteiger partial charge in [-0.1, -0.05) is 22.0 Å². The van der Waals surface area contributed by atoms with Crippen molar-refractivity contribution in [1.29, 1.82) is 0 Å². The molecule has 1 heterocycles. The minimum atomic E-state index is -0.480. The number of nitrogens with one attached hydrogen (secondary N) is 1. The van der Waals surface area contributed by atoms with E-state index >= 15 is 0 Å². The van der Waals surface area contributed by atoms with Crippen LogP contribution in [0.5, 0.6) is 5.75 Å². The van der Waals surface area contributed by atoms with Gasteiger partial charge in [0.1, 0.15) is 12.3 Å². The Kier molecular flexibility index (Phi) is 6.78. The van der Waals surface area contributed by atoms with Crippen LogP contribution >= 0.6 is 50.3 Å². The van der Waals surface area contributed by atoms with Crippen LogP contribution in [0.2, 0.25) is 0 Å². The van der Waals surface area contributed by atoms with Crippen LogP contribution in [-0.4, -0.2) is 35.6 Å². The lowest BCUT2D eigenvalue weighted by Crippen LogP contribution is -2.36. The summed E-state index contributed by atoms with van der Waals surface area (Å²) in [6, 6.07) is 12.5. The van der Waals surface area contributed by atoms with Crippen molar-refractivity contribution in [2.75, 3.05) is 19.0 Å². The molecule has 9 heteroatoms. The number of ether oxygens (including phenoxy) is 1. The van der Waals surface area contributed by atoms with Crippen molar-refractivity contribution in [3.63, 3.8) is 0 Å². The van der Waals surface area contributed by atoms with E-state index in [2.05, 4.69) is 43.8 Å². The van der Waals surface area contributed by atoms with Crippen LogP contribution in [0.25, 0.3) is 6.08 Å². The number of carbonyl (C=O) groups is 3. The second-order valence-corrected chi connectivity index (χ2v) is 8.79. The second kappa shape index (κ2) is 9.10. The van der Waals surface area contributed by atoms with Crippen molar-refractivity contribution in [1.82, 2.24) is 4.90 Å². The van der Waals surface area contributed by atoms with Crippen molar-refractivity contribution in [2.24, 2.45) is 0 Å². The number of anilines is 1. The van der Waals surface area contributed by atoms with E-state index in [1.807, 2.05) is 6.07 Å². The van der Waals surface area contributed by atoms with Crippen molar-refractivity contribution < 1.29 is 19.1 Å². The number of rotatable bonds is 5.